The first-order valence-electron chi connectivity index (χ1n) is 4.87. The Bertz CT molecular complexity index is 383. The third-order valence-electron chi connectivity index (χ3n) is 2.50. The number of rotatable bonds is 3. The van der Waals surface area contributed by atoms with Crippen LogP contribution in [0, 0.1) is 0 Å². The zero-order valence-corrected chi connectivity index (χ0v) is 10.3. The predicted octanol–water partition coefficient (Wildman–Crippen LogP) is 0.278. The quantitative estimate of drug-likeness (QED) is 0.709. The van der Waals surface area contributed by atoms with E-state index in [0.717, 1.165) is 10.7 Å². The summed E-state index contributed by atoms with van der Waals surface area (Å²) in [6, 6.07) is -0.549. The highest BCUT2D eigenvalue weighted by atomic mass is 32.2. The predicted molar refractivity (Wildman–Crippen MR) is 63.9 cm³/mol. The molecule has 0 saturated carbocycles. The van der Waals surface area contributed by atoms with Gasteiger partial charge in [0.15, 0.2) is 0 Å². The second-order valence-corrected chi connectivity index (χ2v) is 5.91. The van der Waals surface area contributed by atoms with Crippen LogP contribution in [-0.2, 0) is 9.59 Å². The average Bonchev–Trinajstić information content (AvgIpc) is 2.27. The Kier molecular flexibility index (Phi) is 3.18. The highest BCUT2D eigenvalue weighted by Gasteiger charge is 2.51. The normalized spacial score (nSPS) is 28.9. The van der Waals surface area contributed by atoms with Gasteiger partial charge in [0.1, 0.15) is 17.1 Å². The Hall–Kier alpha value is -0.660. The molecule has 2 rings (SSSR count). The molecule has 2 atom stereocenters. The number of hydrogen-bond donors (Lipinski definition) is 2. The molecule has 0 aliphatic carbocycles. The zero-order chi connectivity index (χ0) is 11.9. The second kappa shape index (κ2) is 4.31. The van der Waals surface area contributed by atoms with Gasteiger partial charge < -0.3 is 10.8 Å². The SMILES string of the molecule is CCSC1=C(C(=O)O)N2C(=O)C(N)[C@@H]2SC1. The van der Waals surface area contributed by atoms with E-state index in [0.29, 0.717) is 5.75 Å². The second-order valence-electron chi connectivity index (χ2n) is 3.45. The summed E-state index contributed by atoms with van der Waals surface area (Å²) in [5, 5.41) is 8.95. The van der Waals surface area contributed by atoms with Crippen LogP contribution in [0.15, 0.2) is 10.6 Å². The zero-order valence-electron chi connectivity index (χ0n) is 8.67. The van der Waals surface area contributed by atoms with Crippen molar-refractivity contribution in [2.24, 2.45) is 5.73 Å². The summed E-state index contributed by atoms with van der Waals surface area (Å²) in [7, 11) is 0. The molecule has 1 unspecified atom stereocenters. The standard InChI is InChI=1S/C9H12N2O3S2/c1-2-15-4-3-16-8-5(10)7(12)11(8)6(4)9(13)14/h5,8H,2-3,10H2,1H3,(H,13,14)/t5?,8-/m0/s1. The van der Waals surface area contributed by atoms with Crippen LogP contribution >= 0.6 is 23.5 Å². The maximum atomic E-state index is 11.5. The van der Waals surface area contributed by atoms with E-state index in [9.17, 15) is 9.59 Å². The highest BCUT2D eigenvalue weighted by molar-refractivity contribution is 8.06. The molecule has 0 aromatic carbocycles. The summed E-state index contributed by atoms with van der Waals surface area (Å²) in [5.41, 5.74) is 5.75. The molecule has 3 N–H and O–H groups in total. The Morgan fingerprint density at radius 2 is 2.44 bits per heavy atom. The third-order valence-corrected chi connectivity index (χ3v) is 4.95. The maximum Gasteiger partial charge on any atom is 0.353 e. The fourth-order valence-electron chi connectivity index (χ4n) is 1.77. The van der Waals surface area contributed by atoms with Gasteiger partial charge >= 0.3 is 5.97 Å². The Balaban J connectivity index is 2.34. The van der Waals surface area contributed by atoms with E-state index in [2.05, 4.69) is 0 Å². The molecule has 1 fully saturated rings. The van der Waals surface area contributed by atoms with Gasteiger partial charge in [-0.15, -0.1) is 23.5 Å². The average molecular weight is 260 g/mol. The monoisotopic (exact) mass is 260 g/mol. The first-order chi connectivity index (χ1) is 7.57. The van der Waals surface area contributed by atoms with Crippen molar-refractivity contribution in [1.82, 2.24) is 4.90 Å². The Morgan fingerprint density at radius 1 is 1.75 bits per heavy atom. The van der Waals surface area contributed by atoms with Gasteiger partial charge in [0.25, 0.3) is 0 Å². The van der Waals surface area contributed by atoms with Crippen molar-refractivity contribution < 1.29 is 14.7 Å². The van der Waals surface area contributed by atoms with Gasteiger partial charge in [-0.3, -0.25) is 9.69 Å². The van der Waals surface area contributed by atoms with Gasteiger partial charge in [-0.25, -0.2) is 4.79 Å². The molecule has 16 heavy (non-hydrogen) atoms. The number of aliphatic carboxylic acids is 1. The minimum Gasteiger partial charge on any atom is -0.477 e. The van der Waals surface area contributed by atoms with Crippen LogP contribution in [0.2, 0.25) is 0 Å². The largest absolute Gasteiger partial charge is 0.477 e. The van der Waals surface area contributed by atoms with Crippen molar-refractivity contribution in [3.63, 3.8) is 0 Å². The minimum absolute atomic E-state index is 0.127. The molecule has 1 saturated heterocycles. The number of thioether (sulfide) groups is 2. The summed E-state index contributed by atoms with van der Waals surface area (Å²) in [5.74, 6) is 0.0959. The molecule has 0 aromatic heterocycles. The number of nitrogens with zero attached hydrogens (tertiary/aromatic N) is 1. The Morgan fingerprint density at radius 3 is 3.00 bits per heavy atom. The molecular formula is C9H12N2O3S2. The molecule has 1 amide bonds. The van der Waals surface area contributed by atoms with Gasteiger partial charge in [-0.1, -0.05) is 6.92 Å². The number of hydrogen-bond acceptors (Lipinski definition) is 5. The van der Waals surface area contributed by atoms with Crippen LogP contribution in [0.25, 0.3) is 0 Å². The lowest BCUT2D eigenvalue weighted by Crippen LogP contribution is -2.68. The molecule has 0 bridgehead atoms. The lowest BCUT2D eigenvalue weighted by atomic mass is 10.1. The lowest BCUT2D eigenvalue weighted by molar-refractivity contribution is -0.147. The van der Waals surface area contributed by atoms with Crippen LogP contribution in [0.5, 0.6) is 0 Å². The molecule has 2 aliphatic heterocycles. The van der Waals surface area contributed by atoms with Crippen molar-refractivity contribution in [1.29, 1.82) is 0 Å². The molecule has 5 nitrogen and oxygen atoms in total. The van der Waals surface area contributed by atoms with E-state index in [1.165, 1.54) is 28.4 Å². The number of carboxylic acid groups (broad SMARTS) is 1. The summed E-state index contributed by atoms with van der Waals surface area (Å²) in [6.45, 7) is 1.96. The smallest absolute Gasteiger partial charge is 0.353 e. The van der Waals surface area contributed by atoms with Crippen LogP contribution in [0.4, 0.5) is 0 Å². The molecule has 7 heteroatoms. The van der Waals surface area contributed by atoms with E-state index >= 15 is 0 Å². The fourth-order valence-corrected chi connectivity index (χ4v) is 4.12. The van der Waals surface area contributed by atoms with Crippen molar-refractivity contribution in [2.45, 2.75) is 18.3 Å². The molecular weight excluding hydrogens is 248 g/mol. The summed E-state index contributed by atoms with van der Waals surface area (Å²) >= 11 is 3.01. The Labute approximate surface area is 101 Å². The summed E-state index contributed by atoms with van der Waals surface area (Å²) in [4.78, 5) is 24.8. The van der Waals surface area contributed by atoms with E-state index in [1.807, 2.05) is 6.92 Å². The van der Waals surface area contributed by atoms with Crippen molar-refractivity contribution >= 4 is 35.4 Å². The third kappa shape index (κ3) is 1.63. The van der Waals surface area contributed by atoms with Crippen molar-refractivity contribution in [2.75, 3.05) is 11.5 Å². The fraction of sp³-hybridized carbons (Fsp3) is 0.556. The van der Waals surface area contributed by atoms with E-state index < -0.39 is 12.0 Å². The van der Waals surface area contributed by atoms with E-state index in [1.54, 1.807) is 0 Å². The molecule has 0 spiro atoms. The summed E-state index contributed by atoms with van der Waals surface area (Å²) < 4.78 is 0. The van der Waals surface area contributed by atoms with Crippen LogP contribution in [-0.4, -0.2) is 44.8 Å². The van der Waals surface area contributed by atoms with Crippen LogP contribution in [0.1, 0.15) is 6.92 Å². The lowest BCUT2D eigenvalue weighted by Gasteiger charge is -2.47. The number of fused-ring (bicyclic) bond motifs is 1. The van der Waals surface area contributed by atoms with Gasteiger partial charge in [0, 0.05) is 10.7 Å². The number of carboxylic acids is 1. The van der Waals surface area contributed by atoms with Crippen LogP contribution < -0.4 is 5.73 Å². The number of β-lactam (4-membered cyclic amide) rings is 1. The first-order valence-corrected chi connectivity index (χ1v) is 6.90. The molecule has 0 radical (unpaired) electrons. The topological polar surface area (TPSA) is 83.6 Å². The van der Waals surface area contributed by atoms with Gasteiger partial charge in [0.2, 0.25) is 5.91 Å². The van der Waals surface area contributed by atoms with Crippen molar-refractivity contribution in [3.8, 4) is 0 Å². The number of amides is 1. The minimum atomic E-state index is -1.04. The number of nitrogens with two attached hydrogens (primary N) is 1. The highest BCUT2D eigenvalue weighted by Crippen LogP contribution is 2.42. The van der Waals surface area contributed by atoms with Gasteiger partial charge in [-0.05, 0) is 5.75 Å². The number of carbonyl (C=O) groups is 2. The molecule has 88 valence electrons. The van der Waals surface area contributed by atoms with Crippen LogP contribution in [0.3, 0.4) is 0 Å². The van der Waals surface area contributed by atoms with Crippen molar-refractivity contribution in [3.05, 3.63) is 10.6 Å². The maximum absolute atomic E-state index is 11.5. The molecule has 0 aromatic rings. The van der Waals surface area contributed by atoms with E-state index in [-0.39, 0.29) is 17.0 Å². The van der Waals surface area contributed by atoms with Gasteiger partial charge in [0.05, 0.1) is 0 Å². The molecule has 2 aliphatic rings. The van der Waals surface area contributed by atoms with E-state index in [4.69, 9.17) is 10.8 Å². The first kappa shape index (κ1) is 11.8. The number of carbonyl (C=O) groups excluding carboxylic acids is 1. The summed E-state index contributed by atoms with van der Waals surface area (Å²) in [6.07, 6.45) is 0. The van der Waals surface area contributed by atoms with Gasteiger partial charge in [-0.2, -0.15) is 0 Å². The molecule has 2 heterocycles.